The van der Waals surface area contributed by atoms with Crippen molar-refractivity contribution in [3.05, 3.63) is 46.2 Å². The number of aryl methyl sites for hydroxylation is 2. The van der Waals surface area contributed by atoms with E-state index in [4.69, 9.17) is 11.6 Å². The minimum atomic E-state index is -0.289. The van der Waals surface area contributed by atoms with E-state index in [9.17, 15) is 4.79 Å². The van der Waals surface area contributed by atoms with Crippen molar-refractivity contribution in [2.24, 2.45) is 0 Å². The Hall–Kier alpha value is -2.14. The topological polar surface area (TPSA) is 66.9 Å². The molecular formula is C17H21ClN4O. The molecule has 23 heavy (non-hydrogen) atoms. The predicted octanol–water partition coefficient (Wildman–Crippen LogP) is 4.21. The van der Waals surface area contributed by atoms with E-state index in [1.807, 2.05) is 32.9 Å². The number of nitrogens with one attached hydrogen (secondary N) is 2. The van der Waals surface area contributed by atoms with Gasteiger partial charge in [-0.05, 0) is 51.0 Å². The third kappa shape index (κ3) is 4.66. The number of halogens is 1. The Bertz CT molecular complexity index is 718. The monoisotopic (exact) mass is 332 g/mol. The molecule has 0 saturated carbocycles. The maximum atomic E-state index is 12.4. The molecule has 122 valence electrons. The van der Waals surface area contributed by atoms with Crippen LogP contribution in [0.4, 0.5) is 11.6 Å². The lowest BCUT2D eigenvalue weighted by Crippen LogP contribution is -2.19. The Morgan fingerprint density at radius 2 is 2.00 bits per heavy atom. The van der Waals surface area contributed by atoms with Crippen molar-refractivity contribution in [2.75, 3.05) is 10.6 Å². The van der Waals surface area contributed by atoms with Crippen molar-refractivity contribution < 1.29 is 4.79 Å². The largest absolute Gasteiger partial charge is 0.352 e. The van der Waals surface area contributed by atoms with Crippen molar-refractivity contribution in [2.45, 2.75) is 40.2 Å². The van der Waals surface area contributed by atoms with Crippen LogP contribution >= 0.6 is 11.6 Å². The molecule has 1 atom stereocenters. The van der Waals surface area contributed by atoms with Gasteiger partial charge in [0.05, 0.1) is 0 Å². The van der Waals surface area contributed by atoms with Crippen LogP contribution in [0.5, 0.6) is 0 Å². The highest BCUT2D eigenvalue weighted by atomic mass is 35.5. The first-order valence-electron chi connectivity index (χ1n) is 7.58. The van der Waals surface area contributed by atoms with Gasteiger partial charge in [0.25, 0.3) is 5.91 Å². The lowest BCUT2D eigenvalue weighted by Gasteiger charge is -2.13. The van der Waals surface area contributed by atoms with Gasteiger partial charge in [-0.3, -0.25) is 4.79 Å². The molecule has 5 nitrogen and oxygen atoms in total. The Morgan fingerprint density at radius 3 is 2.65 bits per heavy atom. The zero-order valence-corrected chi connectivity index (χ0v) is 14.5. The summed E-state index contributed by atoms with van der Waals surface area (Å²) >= 11 is 6.08. The van der Waals surface area contributed by atoms with Crippen molar-refractivity contribution in [1.82, 2.24) is 9.97 Å². The number of nitrogens with zero attached hydrogens (tertiary/aromatic N) is 2. The second kappa shape index (κ2) is 7.42. The molecular weight excluding hydrogens is 312 g/mol. The summed E-state index contributed by atoms with van der Waals surface area (Å²) in [6.07, 6.45) is 0.945. The summed E-state index contributed by atoms with van der Waals surface area (Å²) in [5, 5.41) is 6.60. The molecule has 1 heterocycles. The van der Waals surface area contributed by atoms with E-state index in [-0.39, 0.29) is 11.9 Å². The maximum absolute atomic E-state index is 12.4. The average Bonchev–Trinajstić information content (AvgIpc) is 2.50. The third-order valence-corrected chi connectivity index (χ3v) is 3.91. The lowest BCUT2D eigenvalue weighted by molar-refractivity contribution is 0.102. The van der Waals surface area contributed by atoms with E-state index in [2.05, 4.69) is 27.5 Å². The molecule has 1 aromatic carbocycles. The fourth-order valence-electron chi connectivity index (χ4n) is 1.94. The zero-order chi connectivity index (χ0) is 17.0. The molecule has 0 aliphatic rings. The fourth-order valence-corrected chi connectivity index (χ4v) is 2.12. The summed E-state index contributed by atoms with van der Waals surface area (Å²) in [5.74, 6) is 0.175. The number of carbonyl (C=O) groups is 1. The smallest absolute Gasteiger partial charge is 0.274 e. The summed E-state index contributed by atoms with van der Waals surface area (Å²) in [5.41, 5.74) is 2.65. The molecule has 2 rings (SSSR count). The van der Waals surface area contributed by atoms with Crippen molar-refractivity contribution in [3.63, 3.8) is 0 Å². The Balaban J connectivity index is 2.19. The van der Waals surface area contributed by atoms with Crippen LogP contribution in [0.2, 0.25) is 5.02 Å². The summed E-state index contributed by atoms with van der Waals surface area (Å²) < 4.78 is 0. The molecule has 1 aromatic heterocycles. The van der Waals surface area contributed by atoms with Gasteiger partial charge in [-0.1, -0.05) is 24.6 Å². The van der Waals surface area contributed by atoms with Gasteiger partial charge < -0.3 is 10.6 Å². The standard InChI is InChI=1S/C17H21ClN4O/c1-5-11(3)19-17-20-12(4)8-15(22-17)16(23)21-13-7-6-10(2)14(18)9-13/h6-9,11H,5H2,1-4H3,(H,21,23)(H,19,20,22). The highest BCUT2D eigenvalue weighted by Crippen LogP contribution is 2.20. The molecule has 0 saturated heterocycles. The molecule has 2 aromatic rings. The van der Waals surface area contributed by atoms with E-state index in [0.717, 1.165) is 17.7 Å². The summed E-state index contributed by atoms with van der Waals surface area (Å²) in [7, 11) is 0. The Morgan fingerprint density at radius 1 is 1.26 bits per heavy atom. The number of aromatic nitrogens is 2. The number of benzene rings is 1. The van der Waals surface area contributed by atoms with E-state index >= 15 is 0 Å². The maximum Gasteiger partial charge on any atom is 0.274 e. The molecule has 0 bridgehead atoms. The number of anilines is 2. The highest BCUT2D eigenvalue weighted by molar-refractivity contribution is 6.31. The first-order chi connectivity index (χ1) is 10.9. The summed E-state index contributed by atoms with van der Waals surface area (Å²) in [4.78, 5) is 21.0. The van der Waals surface area contributed by atoms with Crippen LogP contribution in [0.1, 0.15) is 42.0 Å². The molecule has 0 spiro atoms. The van der Waals surface area contributed by atoms with Crippen LogP contribution in [0, 0.1) is 13.8 Å². The number of hydrogen-bond acceptors (Lipinski definition) is 4. The molecule has 2 N–H and O–H groups in total. The van der Waals surface area contributed by atoms with Gasteiger partial charge in [0.2, 0.25) is 5.95 Å². The van der Waals surface area contributed by atoms with Crippen molar-refractivity contribution in [3.8, 4) is 0 Å². The van der Waals surface area contributed by atoms with E-state index in [0.29, 0.717) is 22.4 Å². The number of rotatable bonds is 5. The molecule has 0 radical (unpaired) electrons. The Kier molecular flexibility index (Phi) is 5.55. The SMILES string of the molecule is CCC(C)Nc1nc(C)cc(C(=O)Nc2ccc(C)c(Cl)c2)n1. The van der Waals surface area contributed by atoms with Crippen molar-refractivity contribution >= 4 is 29.1 Å². The van der Waals surface area contributed by atoms with E-state index in [1.54, 1.807) is 12.1 Å². The predicted molar refractivity (Wildman–Crippen MR) is 94.3 cm³/mol. The molecule has 1 amide bonds. The van der Waals surface area contributed by atoms with Crippen LogP contribution in [0.3, 0.4) is 0 Å². The highest BCUT2D eigenvalue weighted by Gasteiger charge is 2.12. The Labute approximate surface area is 141 Å². The normalized spacial score (nSPS) is 11.9. The number of hydrogen-bond donors (Lipinski definition) is 2. The second-order valence-corrected chi connectivity index (χ2v) is 6.00. The van der Waals surface area contributed by atoms with Gasteiger partial charge in [-0.15, -0.1) is 0 Å². The molecule has 6 heteroatoms. The lowest BCUT2D eigenvalue weighted by atomic mass is 10.2. The van der Waals surface area contributed by atoms with Crippen LogP contribution in [0.15, 0.2) is 24.3 Å². The van der Waals surface area contributed by atoms with Gasteiger partial charge in [-0.2, -0.15) is 0 Å². The van der Waals surface area contributed by atoms with Crippen LogP contribution in [-0.4, -0.2) is 21.9 Å². The fraction of sp³-hybridized carbons (Fsp3) is 0.353. The van der Waals surface area contributed by atoms with Gasteiger partial charge in [0, 0.05) is 22.4 Å². The first kappa shape index (κ1) is 17.2. The third-order valence-electron chi connectivity index (χ3n) is 3.50. The van der Waals surface area contributed by atoms with Gasteiger partial charge in [0.15, 0.2) is 0 Å². The van der Waals surface area contributed by atoms with E-state index < -0.39 is 0 Å². The minimum absolute atomic E-state index is 0.239. The molecule has 0 aliphatic carbocycles. The van der Waals surface area contributed by atoms with E-state index in [1.165, 1.54) is 0 Å². The molecule has 0 fully saturated rings. The van der Waals surface area contributed by atoms with Crippen molar-refractivity contribution in [1.29, 1.82) is 0 Å². The second-order valence-electron chi connectivity index (χ2n) is 5.59. The van der Waals surface area contributed by atoms with Crippen LogP contribution in [0.25, 0.3) is 0 Å². The summed E-state index contributed by atoms with van der Waals surface area (Å²) in [6.45, 7) is 7.86. The average molecular weight is 333 g/mol. The quantitative estimate of drug-likeness (QED) is 0.860. The number of amides is 1. The first-order valence-corrected chi connectivity index (χ1v) is 7.96. The molecule has 0 aliphatic heterocycles. The van der Waals surface area contributed by atoms with Gasteiger partial charge in [0.1, 0.15) is 5.69 Å². The van der Waals surface area contributed by atoms with Gasteiger partial charge >= 0.3 is 0 Å². The minimum Gasteiger partial charge on any atom is -0.352 e. The summed E-state index contributed by atoms with van der Waals surface area (Å²) in [6, 6.07) is 7.29. The van der Waals surface area contributed by atoms with Crippen LogP contribution < -0.4 is 10.6 Å². The van der Waals surface area contributed by atoms with Crippen LogP contribution in [-0.2, 0) is 0 Å². The molecule has 1 unspecified atom stereocenters. The zero-order valence-electron chi connectivity index (χ0n) is 13.8. The van der Waals surface area contributed by atoms with Gasteiger partial charge in [-0.25, -0.2) is 9.97 Å². The number of carbonyl (C=O) groups excluding carboxylic acids is 1.